The fourth-order valence-corrected chi connectivity index (χ4v) is 1.58. The number of pyridine rings is 1. The Morgan fingerprint density at radius 3 is 2.42 bits per heavy atom. The van der Waals surface area contributed by atoms with E-state index in [0.29, 0.717) is 19.8 Å². The number of alkyl halides is 3. The molecule has 0 aliphatic rings. The molecule has 19 heavy (non-hydrogen) atoms. The maximum absolute atomic E-state index is 12.4. The van der Waals surface area contributed by atoms with Crippen LogP contribution in [0.15, 0.2) is 16.7 Å². The first-order chi connectivity index (χ1) is 8.95. The van der Waals surface area contributed by atoms with E-state index in [0.717, 1.165) is 6.07 Å². The molecule has 0 amide bonds. The van der Waals surface area contributed by atoms with Crippen LogP contribution in [0.3, 0.4) is 0 Å². The van der Waals surface area contributed by atoms with Gasteiger partial charge in [0.2, 0.25) is 0 Å². The lowest BCUT2D eigenvalue weighted by atomic mass is 10.3. The summed E-state index contributed by atoms with van der Waals surface area (Å²) in [5.74, 6) is 0.239. The molecule has 1 heterocycles. The Morgan fingerprint density at radius 2 is 1.84 bits per heavy atom. The van der Waals surface area contributed by atoms with Crippen LogP contribution >= 0.6 is 15.9 Å². The third-order valence-electron chi connectivity index (χ3n) is 2.02. The predicted molar refractivity (Wildman–Crippen MR) is 65.1 cm³/mol. The highest BCUT2D eigenvalue weighted by Gasteiger charge is 2.32. The number of hydrogen-bond acceptors (Lipinski definition) is 4. The minimum Gasteiger partial charge on any atom is -0.488 e. The summed E-state index contributed by atoms with van der Waals surface area (Å²) in [5, 5.41) is 0. The van der Waals surface area contributed by atoms with Gasteiger partial charge in [0, 0.05) is 7.11 Å². The van der Waals surface area contributed by atoms with Crippen LogP contribution in [0.1, 0.15) is 5.69 Å². The predicted octanol–water partition coefficient (Wildman–Crippen LogP) is 2.90. The lowest BCUT2D eigenvalue weighted by Gasteiger charge is -2.10. The fourth-order valence-electron chi connectivity index (χ4n) is 1.14. The first-order valence-electron chi connectivity index (χ1n) is 5.38. The zero-order chi connectivity index (χ0) is 14.3. The Hall–Kier alpha value is -0.860. The Balaban J connectivity index is 2.43. The van der Waals surface area contributed by atoms with Crippen LogP contribution in [-0.2, 0) is 15.7 Å². The highest BCUT2D eigenvalue weighted by atomic mass is 79.9. The van der Waals surface area contributed by atoms with Crippen LogP contribution in [-0.4, -0.2) is 38.5 Å². The lowest BCUT2D eigenvalue weighted by Crippen LogP contribution is -2.11. The topological polar surface area (TPSA) is 40.6 Å². The van der Waals surface area contributed by atoms with Crippen molar-refractivity contribution in [1.82, 2.24) is 4.98 Å². The molecule has 8 heteroatoms. The molecule has 108 valence electrons. The fraction of sp³-hybridized carbons (Fsp3) is 0.545. The SMILES string of the molecule is COCCOCCOc1ccc(C(F)(F)F)nc1Br. The van der Waals surface area contributed by atoms with Gasteiger partial charge in [-0.2, -0.15) is 13.2 Å². The van der Waals surface area contributed by atoms with Gasteiger partial charge in [0.1, 0.15) is 16.9 Å². The molecule has 1 aromatic heterocycles. The van der Waals surface area contributed by atoms with Crippen molar-refractivity contribution in [1.29, 1.82) is 0 Å². The van der Waals surface area contributed by atoms with E-state index in [1.165, 1.54) is 6.07 Å². The van der Waals surface area contributed by atoms with E-state index in [4.69, 9.17) is 14.2 Å². The number of hydrogen-bond donors (Lipinski definition) is 0. The molecule has 0 saturated heterocycles. The third-order valence-corrected chi connectivity index (χ3v) is 2.59. The first kappa shape index (κ1) is 16.2. The van der Waals surface area contributed by atoms with E-state index >= 15 is 0 Å². The van der Waals surface area contributed by atoms with Crippen molar-refractivity contribution in [2.45, 2.75) is 6.18 Å². The number of halogens is 4. The lowest BCUT2D eigenvalue weighted by molar-refractivity contribution is -0.141. The van der Waals surface area contributed by atoms with Crippen molar-refractivity contribution >= 4 is 15.9 Å². The molecule has 0 aliphatic carbocycles. The Kier molecular flexibility index (Phi) is 6.53. The summed E-state index contributed by atoms with van der Waals surface area (Å²) in [6.07, 6.45) is -4.47. The molecule has 1 aromatic rings. The van der Waals surface area contributed by atoms with Gasteiger partial charge >= 0.3 is 6.18 Å². The molecule has 4 nitrogen and oxygen atoms in total. The van der Waals surface area contributed by atoms with Gasteiger partial charge in [0.15, 0.2) is 5.75 Å². The second-order valence-corrected chi connectivity index (χ2v) is 4.19. The van der Waals surface area contributed by atoms with Gasteiger partial charge in [-0.15, -0.1) is 0 Å². The first-order valence-corrected chi connectivity index (χ1v) is 6.17. The van der Waals surface area contributed by atoms with Crippen molar-refractivity contribution in [3.8, 4) is 5.75 Å². The molecule has 0 fully saturated rings. The molecule has 0 saturated carbocycles. The molecule has 0 spiro atoms. The van der Waals surface area contributed by atoms with Gasteiger partial charge in [-0.05, 0) is 28.1 Å². The molecular weight excluding hydrogens is 331 g/mol. The van der Waals surface area contributed by atoms with Crippen molar-refractivity contribution in [2.24, 2.45) is 0 Å². The molecule has 0 aliphatic heterocycles. The van der Waals surface area contributed by atoms with Crippen LogP contribution in [0.2, 0.25) is 0 Å². The summed E-state index contributed by atoms with van der Waals surface area (Å²) < 4.78 is 52.3. The second-order valence-electron chi connectivity index (χ2n) is 3.44. The zero-order valence-corrected chi connectivity index (χ0v) is 11.8. The van der Waals surface area contributed by atoms with Gasteiger partial charge in [-0.1, -0.05) is 0 Å². The minimum atomic E-state index is -4.47. The molecular formula is C11H13BrF3NO3. The average Bonchev–Trinajstić information content (AvgIpc) is 2.34. The van der Waals surface area contributed by atoms with Gasteiger partial charge in [-0.3, -0.25) is 0 Å². The van der Waals surface area contributed by atoms with E-state index < -0.39 is 11.9 Å². The van der Waals surface area contributed by atoms with Gasteiger partial charge in [0.05, 0.1) is 19.8 Å². The number of aromatic nitrogens is 1. The summed E-state index contributed by atoms with van der Waals surface area (Å²) in [6.45, 7) is 1.45. The molecule has 0 unspecified atom stereocenters. The number of nitrogens with zero attached hydrogens (tertiary/aromatic N) is 1. The molecule has 0 bridgehead atoms. The van der Waals surface area contributed by atoms with E-state index in [2.05, 4.69) is 20.9 Å². The number of methoxy groups -OCH3 is 1. The summed E-state index contributed by atoms with van der Waals surface area (Å²) in [6, 6.07) is 2.08. The summed E-state index contributed by atoms with van der Waals surface area (Å²) in [7, 11) is 1.56. The Morgan fingerprint density at radius 1 is 1.16 bits per heavy atom. The number of rotatable bonds is 7. The van der Waals surface area contributed by atoms with Crippen LogP contribution < -0.4 is 4.74 Å². The Bertz CT molecular complexity index is 401. The van der Waals surface area contributed by atoms with Crippen LogP contribution in [0.5, 0.6) is 5.75 Å². The van der Waals surface area contributed by atoms with E-state index in [9.17, 15) is 13.2 Å². The Labute approximate surface area is 117 Å². The van der Waals surface area contributed by atoms with Gasteiger partial charge < -0.3 is 14.2 Å². The summed E-state index contributed by atoms with van der Waals surface area (Å²) >= 11 is 2.94. The zero-order valence-electron chi connectivity index (χ0n) is 10.2. The van der Waals surface area contributed by atoms with Gasteiger partial charge in [-0.25, -0.2) is 4.98 Å². The monoisotopic (exact) mass is 343 g/mol. The van der Waals surface area contributed by atoms with Gasteiger partial charge in [0.25, 0.3) is 0 Å². The maximum atomic E-state index is 12.4. The molecule has 0 atom stereocenters. The average molecular weight is 344 g/mol. The maximum Gasteiger partial charge on any atom is 0.433 e. The van der Waals surface area contributed by atoms with Crippen LogP contribution in [0.25, 0.3) is 0 Å². The normalized spacial score (nSPS) is 11.6. The van der Waals surface area contributed by atoms with Crippen molar-refractivity contribution in [2.75, 3.05) is 33.5 Å². The summed E-state index contributed by atoms with van der Waals surface area (Å²) in [5.41, 5.74) is -0.969. The summed E-state index contributed by atoms with van der Waals surface area (Å²) in [4.78, 5) is 3.38. The number of ether oxygens (including phenoxy) is 3. The molecule has 0 aromatic carbocycles. The van der Waals surface area contributed by atoms with E-state index in [1.807, 2.05) is 0 Å². The largest absolute Gasteiger partial charge is 0.488 e. The van der Waals surface area contributed by atoms with E-state index in [1.54, 1.807) is 7.11 Å². The van der Waals surface area contributed by atoms with Crippen LogP contribution in [0, 0.1) is 0 Å². The van der Waals surface area contributed by atoms with Crippen molar-refractivity contribution < 1.29 is 27.4 Å². The van der Waals surface area contributed by atoms with Crippen LogP contribution in [0.4, 0.5) is 13.2 Å². The van der Waals surface area contributed by atoms with Crippen molar-refractivity contribution in [3.05, 3.63) is 22.4 Å². The minimum absolute atomic E-state index is 0.0132. The van der Waals surface area contributed by atoms with E-state index in [-0.39, 0.29) is 17.0 Å². The standard InChI is InChI=1S/C11H13BrF3NO3/c1-17-4-5-18-6-7-19-8-2-3-9(11(13,14)15)16-10(8)12/h2-3H,4-7H2,1H3. The highest BCUT2D eigenvalue weighted by Crippen LogP contribution is 2.31. The second kappa shape index (κ2) is 7.66. The molecule has 0 radical (unpaired) electrons. The molecule has 0 N–H and O–H groups in total. The smallest absolute Gasteiger partial charge is 0.433 e. The quantitative estimate of drug-likeness (QED) is 0.563. The van der Waals surface area contributed by atoms with Crippen molar-refractivity contribution in [3.63, 3.8) is 0 Å². The molecule has 1 rings (SSSR count). The third kappa shape index (κ3) is 5.75. The highest BCUT2D eigenvalue weighted by molar-refractivity contribution is 9.10.